The van der Waals surface area contributed by atoms with Crippen molar-refractivity contribution in [3.63, 3.8) is 0 Å². The minimum atomic E-state index is -0.170. The Morgan fingerprint density at radius 3 is 2.80 bits per heavy atom. The standard InChI is InChI=1S/C12H13FN2/c1-14-8-10-5-4-9(7-11(10)13)12-3-2-6-15-12/h2-7,14-15H,8H2,1H3. The van der Waals surface area contributed by atoms with E-state index in [0.717, 1.165) is 11.3 Å². The quantitative estimate of drug-likeness (QED) is 0.790. The van der Waals surface area contributed by atoms with Crippen molar-refractivity contribution >= 4 is 0 Å². The van der Waals surface area contributed by atoms with E-state index in [1.807, 2.05) is 30.5 Å². The van der Waals surface area contributed by atoms with Crippen LogP contribution < -0.4 is 5.32 Å². The van der Waals surface area contributed by atoms with E-state index in [0.29, 0.717) is 12.1 Å². The molecule has 15 heavy (non-hydrogen) atoms. The topological polar surface area (TPSA) is 27.8 Å². The molecule has 2 nitrogen and oxygen atoms in total. The van der Waals surface area contributed by atoms with Crippen molar-refractivity contribution < 1.29 is 4.39 Å². The summed E-state index contributed by atoms with van der Waals surface area (Å²) in [6.07, 6.45) is 1.83. The highest BCUT2D eigenvalue weighted by Crippen LogP contribution is 2.20. The van der Waals surface area contributed by atoms with Crippen molar-refractivity contribution in [2.45, 2.75) is 6.54 Å². The zero-order valence-corrected chi connectivity index (χ0v) is 8.55. The third kappa shape index (κ3) is 2.07. The number of benzene rings is 1. The molecule has 0 aliphatic heterocycles. The first kappa shape index (κ1) is 9.93. The van der Waals surface area contributed by atoms with Gasteiger partial charge >= 0.3 is 0 Å². The number of hydrogen-bond acceptors (Lipinski definition) is 1. The third-order valence-corrected chi connectivity index (χ3v) is 2.33. The molecule has 0 spiro atoms. The summed E-state index contributed by atoms with van der Waals surface area (Å²) in [5.41, 5.74) is 2.50. The first-order valence-electron chi connectivity index (χ1n) is 4.88. The zero-order chi connectivity index (χ0) is 10.7. The van der Waals surface area contributed by atoms with E-state index < -0.39 is 0 Å². The number of aromatic amines is 1. The fourth-order valence-corrected chi connectivity index (χ4v) is 1.56. The Bertz CT molecular complexity index is 435. The SMILES string of the molecule is CNCc1ccc(-c2ccc[nH]2)cc1F. The van der Waals surface area contributed by atoms with Gasteiger partial charge in [-0.2, -0.15) is 0 Å². The molecule has 0 saturated carbocycles. The lowest BCUT2D eigenvalue weighted by atomic mass is 10.1. The molecule has 2 rings (SSSR count). The number of halogens is 1. The van der Waals surface area contributed by atoms with Crippen LogP contribution in [0.5, 0.6) is 0 Å². The second-order valence-corrected chi connectivity index (χ2v) is 3.42. The lowest BCUT2D eigenvalue weighted by Gasteiger charge is -2.04. The van der Waals surface area contributed by atoms with Gasteiger partial charge in [0.05, 0.1) is 0 Å². The van der Waals surface area contributed by atoms with Gasteiger partial charge in [-0.25, -0.2) is 4.39 Å². The van der Waals surface area contributed by atoms with E-state index in [-0.39, 0.29) is 5.82 Å². The van der Waals surface area contributed by atoms with Gasteiger partial charge < -0.3 is 10.3 Å². The predicted molar refractivity (Wildman–Crippen MR) is 59.0 cm³/mol. The van der Waals surface area contributed by atoms with Gasteiger partial charge in [-0.3, -0.25) is 0 Å². The number of aromatic nitrogens is 1. The molecule has 1 heterocycles. The molecular formula is C12H13FN2. The highest BCUT2D eigenvalue weighted by atomic mass is 19.1. The van der Waals surface area contributed by atoms with E-state index in [9.17, 15) is 4.39 Å². The first-order chi connectivity index (χ1) is 7.31. The van der Waals surface area contributed by atoms with Crippen molar-refractivity contribution in [1.82, 2.24) is 10.3 Å². The highest BCUT2D eigenvalue weighted by molar-refractivity contribution is 5.59. The van der Waals surface area contributed by atoms with E-state index in [2.05, 4.69) is 10.3 Å². The normalized spacial score (nSPS) is 10.5. The number of rotatable bonds is 3. The molecule has 0 saturated heterocycles. The minimum absolute atomic E-state index is 0.170. The summed E-state index contributed by atoms with van der Waals surface area (Å²) < 4.78 is 13.6. The van der Waals surface area contributed by atoms with Crippen LogP contribution in [0.3, 0.4) is 0 Å². The Morgan fingerprint density at radius 1 is 1.33 bits per heavy atom. The molecule has 2 aromatic rings. The van der Waals surface area contributed by atoms with E-state index in [1.165, 1.54) is 0 Å². The molecule has 2 N–H and O–H groups in total. The summed E-state index contributed by atoms with van der Waals surface area (Å²) in [4.78, 5) is 3.05. The maximum absolute atomic E-state index is 13.6. The molecule has 0 unspecified atom stereocenters. The second-order valence-electron chi connectivity index (χ2n) is 3.42. The van der Waals surface area contributed by atoms with Crippen LogP contribution in [-0.4, -0.2) is 12.0 Å². The summed E-state index contributed by atoms with van der Waals surface area (Å²) >= 11 is 0. The number of H-pyrrole nitrogens is 1. The van der Waals surface area contributed by atoms with Crippen molar-refractivity contribution in [1.29, 1.82) is 0 Å². The Kier molecular flexibility index (Phi) is 2.83. The van der Waals surface area contributed by atoms with Crippen molar-refractivity contribution in [2.75, 3.05) is 7.05 Å². The molecule has 0 aliphatic carbocycles. The average molecular weight is 204 g/mol. The van der Waals surface area contributed by atoms with Crippen LogP contribution in [0.1, 0.15) is 5.56 Å². The maximum Gasteiger partial charge on any atom is 0.128 e. The van der Waals surface area contributed by atoms with Crippen molar-refractivity contribution in [3.05, 3.63) is 47.9 Å². The maximum atomic E-state index is 13.6. The van der Waals surface area contributed by atoms with Gasteiger partial charge in [0, 0.05) is 29.6 Å². The fourth-order valence-electron chi connectivity index (χ4n) is 1.56. The molecule has 0 fully saturated rings. The first-order valence-corrected chi connectivity index (χ1v) is 4.88. The molecule has 0 atom stereocenters. The predicted octanol–water partition coefficient (Wildman–Crippen LogP) is 2.54. The van der Waals surface area contributed by atoms with Crippen LogP contribution in [-0.2, 0) is 6.54 Å². The van der Waals surface area contributed by atoms with Gasteiger partial charge in [-0.1, -0.05) is 12.1 Å². The summed E-state index contributed by atoms with van der Waals surface area (Å²) in [5, 5.41) is 2.93. The van der Waals surface area contributed by atoms with Gasteiger partial charge in [-0.05, 0) is 25.2 Å². The van der Waals surface area contributed by atoms with Crippen LogP contribution in [0.4, 0.5) is 4.39 Å². The molecule has 3 heteroatoms. The number of hydrogen-bond donors (Lipinski definition) is 2. The lowest BCUT2D eigenvalue weighted by molar-refractivity contribution is 0.601. The second kappa shape index (κ2) is 4.28. The van der Waals surface area contributed by atoms with Crippen LogP contribution in [0, 0.1) is 5.82 Å². The number of nitrogens with one attached hydrogen (secondary N) is 2. The summed E-state index contributed by atoms with van der Waals surface area (Å²) in [6, 6.07) is 9.10. The third-order valence-electron chi connectivity index (χ3n) is 2.33. The molecule has 0 radical (unpaired) electrons. The van der Waals surface area contributed by atoms with Gasteiger partial charge in [0.25, 0.3) is 0 Å². The fraction of sp³-hybridized carbons (Fsp3) is 0.167. The Morgan fingerprint density at radius 2 is 2.20 bits per heavy atom. The highest BCUT2D eigenvalue weighted by Gasteiger charge is 2.04. The summed E-state index contributed by atoms with van der Waals surface area (Å²) in [6.45, 7) is 0.552. The van der Waals surface area contributed by atoms with Crippen molar-refractivity contribution in [2.24, 2.45) is 0 Å². The largest absolute Gasteiger partial charge is 0.361 e. The van der Waals surface area contributed by atoms with E-state index in [4.69, 9.17) is 0 Å². The molecule has 0 bridgehead atoms. The molecule has 0 amide bonds. The van der Waals surface area contributed by atoms with Crippen molar-refractivity contribution in [3.8, 4) is 11.3 Å². The lowest BCUT2D eigenvalue weighted by Crippen LogP contribution is -2.06. The van der Waals surface area contributed by atoms with Crippen LogP contribution >= 0.6 is 0 Å². The van der Waals surface area contributed by atoms with Gasteiger partial charge in [0.2, 0.25) is 0 Å². The van der Waals surface area contributed by atoms with E-state index in [1.54, 1.807) is 13.1 Å². The molecule has 78 valence electrons. The summed E-state index contributed by atoms with van der Waals surface area (Å²) in [5.74, 6) is -0.170. The van der Waals surface area contributed by atoms with Crippen LogP contribution in [0.25, 0.3) is 11.3 Å². The van der Waals surface area contributed by atoms with Crippen LogP contribution in [0.15, 0.2) is 36.5 Å². The molecule has 0 aliphatic rings. The molecular weight excluding hydrogens is 191 g/mol. The Labute approximate surface area is 88.1 Å². The van der Waals surface area contributed by atoms with Gasteiger partial charge in [0.1, 0.15) is 5.82 Å². The zero-order valence-electron chi connectivity index (χ0n) is 8.55. The smallest absolute Gasteiger partial charge is 0.128 e. The molecule has 1 aromatic carbocycles. The minimum Gasteiger partial charge on any atom is -0.361 e. The van der Waals surface area contributed by atoms with E-state index >= 15 is 0 Å². The van der Waals surface area contributed by atoms with Gasteiger partial charge in [0.15, 0.2) is 0 Å². The van der Waals surface area contributed by atoms with Gasteiger partial charge in [-0.15, -0.1) is 0 Å². The van der Waals surface area contributed by atoms with Crippen LogP contribution in [0.2, 0.25) is 0 Å². The Hall–Kier alpha value is -1.61. The molecule has 1 aromatic heterocycles. The monoisotopic (exact) mass is 204 g/mol. The Balaban J connectivity index is 2.33. The summed E-state index contributed by atoms with van der Waals surface area (Å²) in [7, 11) is 1.80. The average Bonchev–Trinajstić information content (AvgIpc) is 2.74.